The van der Waals surface area contributed by atoms with Crippen molar-refractivity contribution in [3.05, 3.63) is 69.2 Å². The Bertz CT molecular complexity index is 701. The number of rotatable bonds is 4. The van der Waals surface area contributed by atoms with Crippen LogP contribution in [0.1, 0.15) is 11.1 Å². The first kappa shape index (κ1) is 14.3. The molecule has 0 saturated carbocycles. The predicted octanol–water partition coefficient (Wildman–Crippen LogP) is 1.88. The van der Waals surface area contributed by atoms with E-state index in [0.29, 0.717) is 15.9 Å². The van der Waals surface area contributed by atoms with Crippen LogP contribution in [0.4, 0.5) is 10.5 Å². The molecule has 1 aromatic carbocycles. The summed E-state index contributed by atoms with van der Waals surface area (Å²) in [5, 5.41) is 30.7. The van der Waals surface area contributed by atoms with Crippen molar-refractivity contribution in [2.24, 2.45) is 0 Å². The van der Waals surface area contributed by atoms with Gasteiger partial charge in [-0.25, -0.2) is 4.79 Å². The van der Waals surface area contributed by atoms with Gasteiger partial charge >= 0.3 is 6.16 Å². The van der Waals surface area contributed by atoms with Crippen LogP contribution in [0.3, 0.4) is 0 Å². The highest BCUT2D eigenvalue weighted by molar-refractivity contribution is 5.63. The van der Waals surface area contributed by atoms with Gasteiger partial charge in [-0.1, -0.05) is 0 Å². The van der Waals surface area contributed by atoms with Gasteiger partial charge in [0.05, 0.1) is 4.92 Å². The van der Waals surface area contributed by atoms with Crippen LogP contribution in [0.5, 0.6) is 5.75 Å². The standard InChI is InChI=1S/C13H10N2O6/c16-13(17)21-12-4-3-11(15(19)20)7-10(12)6-9-2-1-5-14(18)8-9/h1-5,7-8H,6H2,(H,16,17). The Labute approximate surface area is 118 Å². The monoisotopic (exact) mass is 290 g/mol. The third-order valence-corrected chi connectivity index (χ3v) is 2.68. The molecule has 0 fully saturated rings. The molecule has 0 spiro atoms. The Kier molecular flexibility index (Phi) is 3.98. The molecule has 8 nitrogen and oxygen atoms in total. The molecular formula is C13H10N2O6. The van der Waals surface area contributed by atoms with Crippen LogP contribution >= 0.6 is 0 Å². The zero-order valence-electron chi connectivity index (χ0n) is 10.6. The summed E-state index contributed by atoms with van der Waals surface area (Å²) in [5.41, 5.74) is 0.690. The summed E-state index contributed by atoms with van der Waals surface area (Å²) in [4.78, 5) is 20.8. The fourth-order valence-corrected chi connectivity index (χ4v) is 1.84. The fraction of sp³-hybridized carbons (Fsp3) is 0.0769. The minimum Gasteiger partial charge on any atom is -0.619 e. The number of carboxylic acid groups (broad SMARTS) is 1. The molecule has 0 unspecified atom stereocenters. The van der Waals surface area contributed by atoms with Crippen LogP contribution < -0.4 is 9.47 Å². The maximum absolute atomic E-state index is 11.2. The lowest BCUT2D eigenvalue weighted by atomic mass is 10.0. The van der Waals surface area contributed by atoms with Crippen molar-refractivity contribution < 1.29 is 24.3 Å². The summed E-state index contributed by atoms with van der Waals surface area (Å²) in [6.45, 7) is 0. The Morgan fingerprint density at radius 2 is 2.14 bits per heavy atom. The normalized spacial score (nSPS) is 10.1. The molecule has 2 aromatic rings. The van der Waals surface area contributed by atoms with Crippen LogP contribution in [0.15, 0.2) is 42.7 Å². The summed E-state index contributed by atoms with van der Waals surface area (Å²) in [6, 6.07) is 6.77. The zero-order valence-corrected chi connectivity index (χ0v) is 10.6. The summed E-state index contributed by atoms with van der Waals surface area (Å²) in [7, 11) is 0. The van der Waals surface area contributed by atoms with Crippen molar-refractivity contribution in [1.29, 1.82) is 0 Å². The second kappa shape index (κ2) is 5.87. The molecule has 1 N–H and O–H groups in total. The second-order valence-corrected chi connectivity index (χ2v) is 4.17. The molecule has 0 aliphatic heterocycles. The molecule has 0 aliphatic carbocycles. The number of aromatic nitrogens is 1. The SMILES string of the molecule is O=C(O)Oc1ccc([N+](=O)[O-])cc1Cc1ccc[n+]([O-])c1. The average Bonchev–Trinajstić information content (AvgIpc) is 2.40. The van der Waals surface area contributed by atoms with Crippen molar-refractivity contribution in [3.63, 3.8) is 0 Å². The lowest BCUT2D eigenvalue weighted by Crippen LogP contribution is -2.24. The molecule has 0 atom stereocenters. The molecule has 0 saturated heterocycles. The largest absolute Gasteiger partial charge is 0.619 e. The molecule has 1 aromatic heterocycles. The summed E-state index contributed by atoms with van der Waals surface area (Å²) in [6.07, 6.45) is 1.21. The topological polar surface area (TPSA) is 117 Å². The van der Waals surface area contributed by atoms with Gasteiger partial charge in [0.1, 0.15) is 5.75 Å². The van der Waals surface area contributed by atoms with Crippen LogP contribution in [0, 0.1) is 15.3 Å². The van der Waals surface area contributed by atoms with E-state index >= 15 is 0 Å². The number of non-ortho nitro benzene ring substituents is 1. The molecule has 0 radical (unpaired) electrons. The molecule has 8 heteroatoms. The molecule has 2 rings (SSSR count). The van der Waals surface area contributed by atoms with Crippen LogP contribution in [0.2, 0.25) is 0 Å². The highest BCUT2D eigenvalue weighted by Gasteiger charge is 2.15. The Hall–Kier alpha value is -3.16. The van der Waals surface area contributed by atoms with Crippen LogP contribution in [0.25, 0.3) is 0 Å². The lowest BCUT2D eigenvalue weighted by molar-refractivity contribution is -0.605. The van der Waals surface area contributed by atoms with Gasteiger partial charge in [-0.15, -0.1) is 0 Å². The van der Waals surface area contributed by atoms with Crippen molar-refractivity contribution in [3.8, 4) is 5.75 Å². The second-order valence-electron chi connectivity index (χ2n) is 4.17. The number of hydrogen-bond acceptors (Lipinski definition) is 5. The summed E-state index contributed by atoms with van der Waals surface area (Å²) in [5.74, 6) is -0.00518. The van der Waals surface area contributed by atoms with E-state index in [0.717, 1.165) is 6.07 Å². The highest BCUT2D eigenvalue weighted by atomic mass is 16.7. The Morgan fingerprint density at radius 1 is 1.38 bits per heavy atom. The lowest BCUT2D eigenvalue weighted by Gasteiger charge is -2.08. The summed E-state index contributed by atoms with van der Waals surface area (Å²) >= 11 is 0. The first-order valence-electron chi connectivity index (χ1n) is 5.81. The first-order chi connectivity index (χ1) is 9.95. The average molecular weight is 290 g/mol. The van der Waals surface area contributed by atoms with Crippen molar-refractivity contribution in [2.45, 2.75) is 6.42 Å². The maximum Gasteiger partial charge on any atom is 0.511 e. The number of benzene rings is 1. The van der Waals surface area contributed by atoms with E-state index in [2.05, 4.69) is 4.74 Å². The number of hydrogen-bond donors (Lipinski definition) is 1. The Morgan fingerprint density at radius 3 is 2.76 bits per heavy atom. The van der Waals surface area contributed by atoms with Gasteiger partial charge < -0.3 is 15.1 Å². The number of pyridine rings is 1. The van der Waals surface area contributed by atoms with Crippen LogP contribution in [-0.4, -0.2) is 16.2 Å². The maximum atomic E-state index is 11.2. The van der Waals surface area contributed by atoms with Gasteiger partial charge in [0.15, 0.2) is 12.4 Å². The number of nitro groups is 1. The summed E-state index contributed by atoms with van der Waals surface area (Å²) < 4.78 is 5.18. The van der Waals surface area contributed by atoms with E-state index in [1.807, 2.05) is 0 Å². The fourth-order valence-electron chi connectivity index (χ4n) is 1.84. The van der Waals surface area contributed by atoms with Crippen molar-refractivity contribution in [1.82, 2.24) is 0 Å². The predicted molar refractivity (Wildman–Crippen MR) is 70.0 cm³/mol. The highest BCUT2D eigenvalue weighted by Crippen LogP contribution is 2.26. The molecule has 0 bridgehead atoms. The zero-order chi connectivity index (χ0) is 15.4. The van der Waals surface area contributed by atoms with Gasteiger partial charge in [-0.3, -0.25) is 10.1 Å². The van der Waals surface area contributed by atoms with E-state index in [1.54, 1.807) is 6.07 Å². The smallest absolute Gasteiger partial charge is 0.511 e. The third-order valence-electron chi connectivity index (χ3n) is 2.68. The molecular weight excluding hydrogens is 280 g/mol. The first-order valence-corrected chi connectivity index (χ1v) is 5.81. The van der Waals surface area contributed by atoms with E-state index in [-0.39, 0.29) is 17.9 Å². The van der Waals surface area contributed by atoms with Gasteiger partial charge in [-0.05, 0) is 12.1 Å². The minimum atomic E-state index is -1.52. The van der Waals surface area contributed by atoms with Gasteiger partial charge in [0.25, 0.3) is 5.69 Å². The molecule has 0 aliphatic rings. The molecule has 0 amide bonds. The van der Waals surface area contributed by atoms with Gasteiger partial charge in [-0.2, -0.15) is 4.73 Å². The van der Waals surface area contributed by atoms with E-state index < -0.39 is 11.1 Å². The van der Waals surface area contributed by atoms with Crippen molar-refractivity contribution >= 4 is 11.8 Å². The van der Waals surface area contributed by atoms with Gasteiger partial charge in [0, 0.05) is 35.7 Å². The molecule has 108 valence electrons. The van der Waals surface area contributed by atoms with Crippen LogP contribution in [-0.2, 0) is 6.42 Å². The van der Waals surface area contributed by atoms with Gasteiger partial charge in [0.2, 0.25) is 0 Å². The number of carbonyl (C=O) groups is 1. The Balaban J connectivity index is 2.40. The van der Waals surface area contributed by atoms with E-state index in [4.69, 9.17) is 5.11 Å². The van der Waals surface area contributed by atoms with E-state index in [9.17, 15) is 20.1 Å². The minimum absolute atomic E-state index is 0.00518. The third kappa shape index (κ3) is 3.66. The quantitative estimate of drug-likeness (QED) is 0.229. The number of nitrogens with zero attached hydrogens (tertiary/aromatic N) is 2. The number of nitro benzene ring substituents is 1. The van der Waals surface area contributed by atoms with E-state index in [1.165, 1.54) is 30.6 Å². The number of ether oxygens (including phenoxy) is 1. The van der Waals surface area contributed by atoms with Crippen molar-refractivity contribution in [2.75, 3.05) is 0 Å². The molecule has 21 heavy (non-hydrogen) atoms. The molecule has 1 heterocycles.